The van der Waals surface area contributed by atoms with Crippen LogP contribution in [-0.2, 0) is 0 Å². The van der Waals surface area contributed by atoms with E-state index in [1.807, 2.05) is 19.1 Å². The first kappa shape index (κ1) is 16.4. The molecule has 0 spiro atoms. The van der Waals surface area contributed by atoms with Crippen molar-refractivity contribution in [3.63, 3.8) is 0 Å². The molecule has 0 atom stereocenters. The molecule has 3 rings (SSSR count). The SMILES string of the molecule is C=N/C=C\c1nc(-c2ccncc2)nc(Nc2cccc(F)c2)c1C. The monoisotopic (exact) mass is 333 g/mol. The Morgan fingerprint density at radius 3 is 2.68 bits per heavy atom. The molecular formula is C19H16FN5. The molecule has 1 N–H and O–H groups in total. The number of hydrogen-bond donors (Lipinski definition) is 1. The van der Waals surface area contributed by atoms with Crippen molar-refractivity contribution in [2.24, 2.45) is 4.99 Å². The largest absolute Gasteiger partial charge is 0.340 e. The average Bonchev–Trinajstić information content (AvgIpc) is 2.63. The van der Waals surface area contributed by atoms with Crippen molar-refractivity contribution in [3.8, 4) is 11.4 Å². The van der Waals surface area contributed by atoms with Gasteiger partial charge >= 0.3 is 0 Å². The minimum absolute atomic E-state index is 0.318. The molecule has 0 saturated carbocycles. The summed E-state index contributed by atoms with van der Waals surface area (Å²) in [6.45, 7) is 5.33. The number of hydrogen-bond acceptors (Lipinski definition) is 5. The number of nitrogens with one attached hydrogen (secondary N) is 1. The molecule has 0 amide bonds. The van der Waals surface area contributed by atoms with Crippen LogP contribution in [0.25, 0.3) is 17.5 Å². The molecule has 0 aliphatic carbocycles. The standard InChI is InChI=1S/C19H16FN5/c1-13-17(8-9-21-2)24-19(14-6-10-22-11-7-14)25-18(13)23-16-5-3-4-15(20)12-16/h3-12H,2H2,1H3,(H,23,24,25)/b9-8-. The van der Waals surface area contributed by atoms with Gasteiger partial charge in [-0.05, 0) is 50.0 Å². The third kappa shape index (κ3) is 3.92. The number of anilines is 2. The van der Waals surface area contributed by atoms with Crippen LogP contribution < -0.4 is 5.32 Å². The van der Waals surface area contributed by atoms with Crippen molar-refractivity contribution in [3.05, 3.63) is 72.1 Å². The Bertz CT molecular complexity index is 922. The minimum atomic E-state index is -0.318. The van der Waals surface area contributed by atoms with Crippen LogP contribution in [0.1, 0.15) is 11.3 Å². The van der Waals surface area contributed by atoms with Gasteiger partial charge in [0, 0.05) is 35.4 Å². The highest BCUT2D eigenvalue weighted by molar-refractivity contribution is 5.68. The molecule has 0 aliphatic heterocycles. The summed E-state index contributed by atoms with van der Waals surface area (Å²) in [4.78, 5) is 16.9. The first-order valence-corrected chi connectivity index (χ1v) is 7.61. The zero-order valence-corrected chi connectivity index (χ0v) is 13.6. The lowest BCUT2D eigenvalue weighted by Gasteiger charge is -2.13. The summed E-state index contributed by atoms with van der Waals surface area (Å²) in [7, 11) is 0. The highest BCUT2D eigenvalue weighted by Gasteiger charge is 2.11. The Balaban J connectivity index is 2.09. The zero-order chi connectivity index (χ0) is 17.6. The van der Waals surface area contributed by atoms with Crippen LogP contribution >= 0.6 is 0 Å². The Kier molecular flexibility index (Phi) is 4.89. The van der Waals surface area contributed by atoms with Crippen molar-refractivity contribution in [1.82, 2.24) is 15.0 Å². The van der Waals surface area contributed by atoms with Gasteiger partial charge in [-0.25, -0.2) is 14.4 Å². The van der Waals surface area contributed by atoms with Gasteiger partial charge in [-0.1, -0.05) is 6.07 Å². The van der Waals surface area contributed by atoms with Gasteiger partial charge in [-0.15, -0.1) is 0 Å². The normalized spacial score (nSPS) is 10.8. The lowest BCUT2D eigenvalue weighted by Crippen LogP contribution is -2.03. The molecule has 2 aromatic heterocycles. The van der Waals surface area contributed by atoms with E-state index >= 15 is 0 Å². The highest BCUT2D eigenvalue weighted by atomic mass is 19.1. The second-order valence-electron chi connectivity index (χ2n) is 5.28. The predicted octanol–water partition coefficient (Wildman–Crippen LogP) is 4.40. The second-order valence-corrected chi connectivity index (χ2v) is 5.28. The number of aromatic nitrogens is 3. The first-order chi connectivity index (χ1) is 12.2. The van der Waals surface area contributed by atoms with Gasteiger partial charge in [-0.2, -0.15) is 0 Å². The van der Waals surface area contributed by atoms with Crippen molar-refractivity contribution >= 4 is 24.3 Å². The van der Waals surface area contributed by atoms with Crippen molar-refractivity contribution in [2.75, 3.05) is 5.32 Å². The van der Waals surface area contributed by atoms with Crippen LogP contribution in [0, 0.1) is 12.7 Å². The maximum atomic E-state index is 13.5. The third-order valence-corrected chi connectivity index (χ3v) is 3.55. The van der Waals surface area contributed by atoms with E-state index < -0.39 is 0 Å². The molecule has 0 bridgehead atoms. The molecular weight excluding hydrogens is 317 g/mol. The summed E-state index contributed by atoms with van der Waals surface area (Å²) in [6.07, 6.45) is 6.68. The van der Waals surface area contributed by atoms with Crippen molar-refractivity contribution in [1.29, 1.82) is 0 Å². The van der Waals surface area contributed by atoms with Gasteiger partial charge in [0.15, 0.2) is 5.82 Å². The quantitative estimate of drug-likeness (QED) is 0.703. The van der Waals surface area contributed by atoms with Gasteiger partial charge in [0.25, 0.3) is 0 Å². The van der Waals surface area contributed by atoms with Gasteiger partial charge in [-0.3, -0.25) is 9.98 Å². The summed E-state index contributed by atoms with van der Waals surface area (Å²) < 4.78 is 13.5. The van der Waals surface area contributed by atoms with Gasteiger partial charge in [0.05, 0.1) is 5.69 Å². The maximum absolute atomic E-state index is 13.5. The molecule has 0 saturated heterocycles. The number of aliphatic imine (C=N–C) groups is 1. The van der Waals surface area contributed by atoms with Gasteiger partial charge in [0.2, 0.25) is 0 Å². The fraction of sp³-hybridized carbons (Fsp3) is 0.0526. The minimum Gasteiger partial charge on any atom is -0.340 e. The van der Waals surface area contributed by atoms with E-state index in [0.717, 1.165) is 11.1 Å². The van der Waals surface area contributed by atoms with E-state index in [2.05, 4.69) is 32.0 Å². The number of halogens is 1. The Labute approximate surface area is 145 Å². The predicted molar refractivity (Wildman–Crippen MR) is 98.3 cm³/mol. The van der Waals surface area contributed by atoms with Crippen LogP contribution in [0.3, 0.4) is 0 Å². The molecule has 6 heteroatoms. The topological polar surface area (TPSA) is 63.1 Å². The molecule has 0 unspecified atom stereocenters. The maximum Gasteiger partial charge on any atom is 0.162 e. The fourth-order valence-electron chi connectivity index (χ4n) is 2.27. The van der Waals surface area contributed by atoms with E-state index in [1.54, 1.807) is 36.8 Å². The average molecular weight is 333 g/mol. The van der Waals surface area contributed by atoms with Crippen molar-refractivity contribution < 1.29 is 4.39 Å². The van der Waals surface area contributed by atoms with Crippen LogP contribution in [0.4, 0.5) is 15.9 Å². The zero-order valence-electron chi connectivity index (χ0n) is 13.6. The summed E-state index contributed by atoms with van der Waals surface area (Å²) in [5, 5.41) is 3.15. The van der Waals surface area contributed by atoms with E-state index in [4.69, 9.17) is 0 Å². The second kappa shape index (κ2) is 7.44. The summed E-state index contributed by atoms with van der Waals surface area (Å²) in [6, 6.07) is 9.88. The third-order valence-electron chi connectivity index (χ3n) is 3.55. The lowest BCUT2D eigenvalue weighted by molar-refractivity contribution is 0.628. The number of pyridine rings is 1. The van der Waals surface area contributed by atoms with Crippen LogP contribution in [-0.4, -0.2) is 21.7 Å². The molecule has 0 radical (unpaired) electrons. The molecule has 2 heterocycles. The Morgan fingerprint density at radius 2 is 1.96 bits per heavy atom. The summed E-state index contributed by atoms with van der Waals surface area (Å²) in [5.74, 6) is 0.814. The Hall–Kier alpha value is -3.41. The van der Waals surface area contributed by atoms with E-state index in [0.29, 0.717) is 23.0 Å². The van der Waals surface area contributed by atoms with Gasteiger partial charge in [0.1, 0.15) is 11.6 Å². The van der Waals surface area contributed by atoms with Crippen LogP contribution in [0.15, 0.2) is 60.0 Å². The molecule has 124 valence electrons. The van der Waals surface area contributed by atoms with E-state index in [1.165, 1.54) is 12.1 Å². The first-order valence-electron chi connectivity index (χ1n) is 7.61. The van der Waals surface area contributed by atoms with E-state index in [9.17, 15) is 4.39 Å². The number of benzene rings is 1. The molecule has 3 aromatic rings. The van der Waals surface area contributed by atoms with Gasteiger partial charge < -0.3 is 5.32 Å². The molecule has 1 aromatic carbocycles. The lowest BCUT2D eigenvalue weighted by atomic mass is 10.2. The molecule has 5 nitrogen and oxygen atoms in total. The molecule has 0 fully saturated rings. The summed E-state index contributed by atoms with van der Waals surface area (Å²) in [5.41, 5.74) is 2.97. The molecule has 25 heavy (non-hydrogen) atoms. The van der Waals surface area contributed by atoms with Crippen LogP contribution in [0.5, 0.6) is 0 Å². The molecule has 0 aliphatic rings. The number of nitrogens with zero attached hydrogens (tertiary/aromatic N) is 4. The fourth-order valence-corrected chi connectivity index (χ4v) is 2.27. The summed E-state index contributed by atoms with van der Waals surface area (Å²) >= 11 is 0. The smallest absolute Gasteiger partial charge is 0.162 e. The van der Waals surface area contributed by atoms with Crippen LogP contribution in [0.2, 0.25) is 0 Å². The van der Waals surface area contributed by atoms with Crippen molar-refractivity contribution in [2.45, 2.75) is 6.92 Å². The number of rotatable bonds is 5. The Morgan fingerprint density at radius 1 is 1.16 bits per heavy atom. The van der Waals surface area contributed by atoms with E-state index in [-0.39, 0.29) is 5.82 Å². The highest BCUT2D eigenvalue weighted by Crippen LogP contribution is 2.25.